The van der Waals surface area contributed by atoms with Crippen molar-refractivity contribution < 1.29 is 13.2 Å². The number of hydrogen-bond acceptors (Lipinski definition) is 5. The van der Waals surface area contributed by atoms with E-state index in [-0.39, 0.29) is 17.4 Å². The number of amides is 1. The molecule has 0 bridgehead atoms. The topological polar surface area (TPSA) is 92.5 Å². The van der Waals surface area contributed by atoms with Gasteiger partial charge in [-0.2, -0.15) is 0 Å². The number of hydrogen-bond donors (Lipinski definition) is 2. The first-order chi connectivity index (χ1) is 8.93. The standard InChI is InChI=1S/C12H17N3O3S/c1-14-12(16)9-2-3-10(13)11(8-9)15-4-6-19(17,18)7-5-15/h2-3,8H,4-7,13H2,1H3,(H,14,16). The van der Waals surface area contributed by atoms with Crippen LogP contribution < -0.4 is 16.0 Å². The van der Waals surface area contributed by atoms with E-state index in [9.17, 15) is 13.2 Å². The molecule has 7 heteroatoms. The summed E-state index contributed by atoms with van der Waals surface area (Å²) in [7, 11) is -1.37. The number of anilines is 2. The van der Waals surface area contributed by atoms with Gasteiger partial charge in [0.15, 0.2) is 9.84 Å². The Morgan fingerprint density at radius 1 is 1.32 bits per heavy atom. The molecule has 1 aromatic rings. The number of nitrogens with two attached hydrogens (primary N) is 1. The molecule has 1 aliphatic heterocycles. The zero-order valence-corrected chi connectivity index (χ0v) is 11.5. The van der Waals surface area contributed by atoms with Gasteiger partial charge in [0.25, 0.3) is 5.91 Å². The van der Waals surface area contributed by atoms with Crippen LogP contribution in [0.2, 0.25) is 0 Å². The Hall–Kier alpha value is -1.76. The van der Waals surface area contributed by atoms with E-state index < -0.39 is 9.84 Å². The molecule has 1 fully saturated rings. The van der Waals surface area contributed by atoms with Crippen LogP contribution in [0.4, 0.5) is 11.4 Å². The molecule has 19 heavy (non-hydrogen) atoms. The summed E-state index contributed by atoms with van der Waals surface area (Å²) in [6.07, 6.45) is 0. The van der Waals surface area contributed by atoms with Crippen molar-refractivity contribution in [3.63, 3.8) is 0 Å². The first-order valence-corrected chi connectivity index (χ1v) is 7.82. The molecule has 1 heterocycles. The third-order valence-electron chi connectivity index (χ3n) is 3.20. The van der Waals surface area contributed by atoms with Crippen molar-refractivity contribution in [3.05, 3.63) is 23.8 Å². The van der Waals surface area contributed by atoms with Crippen molar-refractivity contribution in [2.24, 2.45) is 0 Å². The number of nitrogens with zero attached hydrogens (tertiary/aromatic N) is 1. The number of carbonyl (C=O) groups is 1. The van der Waals surface area contributed by atoms with E-state index in [1.54, 1.807) is 25.2 Å². The monoisotopic (exact) mass is 283 g/mol. The van der Waals surface area contributed by atoms with E-state index in [0.717, 1.165) is 5.69 Å². The molecular weight excluding hydrogens is 266 g/mol. The van der Waals surface area contributed by atoms with Crippen LogP contribution in [0.3, 0.4) is 0 Å². The molecule has 0 aromatic heterocycles. The van der Waals surface area contributed by atoms with Gasteiger partial charge >= 0.3 is 0 Å². The molecule has 0 radical (unpaired) electrons. The zero-order valence-electron chi connectivity index (χ0n) is 10.7. The SMILES string of the molecule is CNC(=O)c1ccc(N)c(N2CCS(=O)(=O)CC2)c1. The van der Waals surface area contributed by atoms with Crippen molar-refractivity contribution in [1.82, 2.24) is 5.32 Å². The van der Waals surface area contributed by atoms with Gasteiger partial charge < -0.3 is 16.0 Å². The van der Waals surface area contributed by atoms with Crippen LogP contribution >= 0.6 is 0 Å². The van der Waals surface area contributed by atoms with Gasteiger partial charge in [0.05, 0.1) is 22.9 Å². The van der Waals surface area contributed by atoms with Crippen LogP contribution in [-0.2, 0) is 9.84 Å². The lowest BCUT2D eigenvalue weighted by molar-refractivity contribution is 0.0963. The Labute approximate surface area is 112 Å². The second kappa shape index (κ2) is 5.08. The number of benzene rings is 1. The van der Waals surface area contributed by atoms with Gasteiger partial charge in [0.2, 0.25) is 0 Å². The van der Waals surface area contributed by atoms with Crippen LogP contribution in [0.1, 0.15) is 10.4 Å². The van der Waals surface area contributed by atoms with Crippen molar-refractivity contribution in [2.75, 3.05) is 42.3 Å². The van der Waals surface area contributed by atoms with Gasteiger partial charge in [-0.05, 0) is 18.2 Å². The van der Waals surface area contributed by atoms with E-state index >= 15 is 0 Å². The summed E-state index contributed by atoms with van der Waals surface area (Å²) >= 11 is 0. The van der Waals surface area contributed by atoms with E-state index in [2.05, 4.69) is 5.32 Å². The summed E-state index contributed by atoms with van der Waals surface area (Å²) in [6.45, 7) is 0.813. The van der Waals surface area contributed by atoms with Gasteiger partial charge in [-0.3, -0.25) is 4.79 Å². The number of rotatable bonds is 2. The summed E-state index contributed by atoms with van der Waals surface area (Å²) in [5, 5.41) is 2.55. The highest BCUT2D eigenvalue weighted by Gasteiger charge is 2.23. The highest BCUT2D eigenvalue weighted by atomic mass is 32.2. The van der Waals surface area contributed by atoms with Gasteiger partial charge in [0, 0.05) is 25.7 Å². The number of carbonyl (C=O) groups excluding carboxylic acids is 1. The third-order valence-corrected chi connectivity index (χ3v) is 4.81. The van der Waals surface area contributed by atoms with Gasteiger partial charge in [-0.25, -0.2) is 8.42 Å². The lowest BCUT2D eigenvalue weighted by Gasteiger charge is -2.30. The minimum Gasteiger partial charge on any atom is -0.397 e. The van der Waals surface area contributed by atoms with E-state index in [1.807, 2.05) is 4.90 Å². The fraction of sp³-hybridized carbons (Fsp3) is 0.417. The molecule has 0 aliphatic carbocycles. The molecule has 6 nitrogen and oxygen atoms in total. The predicted octanol–water partition coefficient (Wildman–Crippen LogP) is -0.137. The average molecular weight is 283 g/mol. The van der Waals surface area contributed by atoms with E-state index in [0.29, 0.717) is 24.3 Å². The molecule has 2 rings (SSSR count). The van der Waals surface area contributed by atoms with Crippen molar-refractivity contribution in [3.8, 4) is 0 Å². The molecule has 0 unspecified atom stereocenters. The molecule has 0 saturated carbocycles. The molecule has 1 saturated heterocycles. The maximum Gasteiger partial charge on any atom is 0.251 e. The first kappa shape index (κ1) is 13.7. The summed E-state index contributed by atoms with van der Waals surface area (Å²) in [4.78, 5) is 13.5. The lowest BCUT2D eigenvalue weighted by Crippen LogP contribution is -2.40. The van der Waals surface area contributed by atoms with Crippen LogP contribution in [0, 0.1) is 0 Å². The first-order valence-electron chi connectivity index (χ1n) is 6.00. The molecule has 104 valence electrons. The largest absolute Gasteiger partial charge is 0.397 e. The molecule has 1 aliphatic rings. The van der Waals surface area contributed by atoms with Crippen molar-refractivity contribution >= 4 is 27.1 Å². The molecule has 0 atom stereocenters. The number of nitrogens with one attached hydrogen (secondary N) is 1. The predicted molar refractivity (Wildman–Crippen MR) is 75.1 cm³/mol. The van der Waals surface area contributed by atoms with Crippen molar-refractivity contribution in [1.29, 1.82) is 0 Å². The normalized spacial score (nSPS) is 18.1. The fourth-order valence-corrected chi connectivity index (χ4v) is 3.26. The Morgan fingerprint density at radius 3 is 2.53 bits per heavy atom. The minimum absolute atomic E-state index is 0.122. The highest BCUT2D eigenvalue weighted by molar-refractivity contribution is 7.91. The van der Waals surface area contributed by atoms with Crippen molar-refractivity contribution in [2.45, 2.75) is 0 Å². The Morgan fingerprint density at radius 2 is 1.95 bits per heavy atom. The van der Waals surface area contributed by atoms with Gasteiger partial charge in [-0.15, -0.1) is 0 Å². The molecule has 3 N–H and O–H groups in total. The van der Waals surface area contributed by atoms with E-state index in [1.165, 1.54) is 0 Å². The van der Waals surface area contributed by atoms with Gasteiger partial charge in [0.1, 0.15) is 0 Å². The van der Waals surface area contributed by atoms with Crippen LogP contribution in [-0.4, -0.2) is 46.0 Å². The van der Waals surface area contributed by atoms with E-state index in [4.69, 9.17) is 5.73 Å². The quantitative estimate of drug-likeness (QED) is 0.737. The fourth-order valence-electron chi connectivity index (χ4n) is 2.06. The summed E-state index contributed by atoms with van der Waals surface area (Å²) in [6, 6.07) is 5.02. The molecule has 1 aromatic carbocycles. The number of sulfone groups is 1. The smallest absolute Gasteiger partial charge is 0.251 e. The van der Waals surface area contributed by atoms with Crippen LogP contribution in [0.25, 0.3) is 0 Å². The average Bonchev–Trinajstić information content (AvgIpc) is 2.39. The second-order valence-corrected chi connectivity index (χ2v) is 6.80. The summed E-state index contributed by atoms with van der Waals surface area (Å²) < 4.78 is 22.8. The van der Waals surface area contributed by atoms with Crippen LogP contribution in [0.5, 0.6) is 0 Å². The highest BCUT2D eigenvalue weighted by Crippen LogP contribution is 2.26. The maximum atomic E-state index is 11.6. The number of nitrogen functional groups attached to an aromatic ring is 1. The van der Waals surface area contributed by atoms with Gasteiger partial charge in [-0.1, -0.05) is 0 Å². The van der Waals surface area contributed by atoms with Crippen LogP contribution in [0.15, 0.2) is 18.2 Å². The second-order valence-electron chi connectivity index (χ2n) is 4.49. The zero-order chi connectivity index (χ0) is 14.0. The third kappa shape index (κ3) is 2.98. The summed E-state index contributed by atoms with van der Waals surface area (Å²) in [5.41, 5.74) is 7.69. The Balaban J connectivity index is 2.27. The molecule has 1 amide bonds. The molecular formula is C12H17N3O3S. The Bertz CT molecular complexity index is 584. The maximum absolute atomic E-state index is 11.6. The molecule has 0 spiro atoms. The lowest BCUT2D eigenvalue weighted by atomic mass is 10.1. The Kier molecular flexibility index (Phi) is 3.66. The summed E-state index contributed by atoms with van der Waals surface area (Å²) in [5.74, 6) is 0.0543. The minimum atomic E-state index is -2.93.